The molecule has 1 spiro atoms. The van der Waals surface area contributed by atoms with Crippen molar-refractivity contribution in [1.82, 2.24) is 10.2 Å². The standard InChI is InChI=1S/C24H23ClN4O5/c1-34-13-7-5-12(6-8-13)11-29-21(31)18-16(9-10-17(26)30)28-24(19(18)22(29)32)14-3-2-4-15(25)20(14)27-23(24)33/h2-8,16,18-19,28H,9-11H2,1H3,(H2,26,30)(H,27,33)/t16-,18+,19+,24-/m1/s1. The zero-order valence-electron chi connectivity index (χ0n) is 18.3. The van der Waals surface area contributed by atoms with Crippen molar-refractivity contribution in [2.45, 2.75) is 31.0 Å². The summed E-state index contributed by atoms with van der Waals surface area (Å²) < 4.78 is 5.17. The number of primary amides is 1. The van der Waals surface area contributed by atoms with Gasteiger partial charge in [-0.05, 0) is 30.2 Å². The topological polar surface area (TPSA) is 131 Å². The van der Waals surface area contributed by atoms with E-state index in [1.165, 1.54) is 4.90 Å². The lowest BCUT2D eigenvalue weighted by molar-refractivity contribution is -0.143. The van der Waals surface area contributed by atoms with Crippen LogP contribution in [0.25, 0.3) is 0 Å². The molecule has 4 N–H and O–H groups in total. The lowest BCUT2D eigenvalue weighted by atomic mass is 9.76. The zero-order valence-corrected chi connectivity index (χ0v) is 19.1. The normalized spacial score (nSPS) is 27.2. The largest absolute Gasteiger partial charge is 0.497 e. The molecule has 0 aromatic heterocycles. The van der Waals surface area contributed by atoms with Crippen molar-refractivity contribution in [3.63, 3.8) is 0 Å². The van der Waals surface area contributed by atoms with Crippen molar-refractivity contribution in [3.8, 4) is 5.75 Å². The maximum atomic E-state index is 13.7. The number of methoxy groups -OCH3 is 1. The van der Waals surface area contributed by atoms with E-state index in [1.807, 2.05) is 0 Å². The first kappa shape index (κ1) is 22.4. The average Bonchev–Trinajstić information content (AvgIpc) is 3.40. The number of nitrogens with zero attached hydrogens (tertiary/aromatic N) is 1. The number of fused-ring (bicyclic) bond motifs is 4. The number of likely N-dealkylation sites (tertiary alicyclic amines) is 1. The van der Waals surface area contributed by atoms with Crippen molar-refractivity contribution >= 4 is 40.9 Å². The van der Waals surface area contributed by atoms with Gasteiger partial charge in [0.05, 0.1) is 36.2 Å². The number of benzene rings is 2. The van der Waals surface area contributed by atoms with Crippen LogP contribution in [0.15, 0.2) is 42.5 Å². The molecule has 3 aliphatic heterocycles. The molecule has 0 unspecified atom stereocenters. The van der Waals surface area contributed by atoms with Gasteiger partial charge in [-0.3, -0.25) is 29.4 Å². The minimum atomic E-state index is -1.46. The van der Waals surface area contributed by atoms with Gasteiger partial charge in [0.1, 0.15) is 11.3 Å². The van der Waals surface area contributed by atoms with Gasteiger partial charge in [0.15, 0.2) is 0 Å². The minimum absolute atomic E-state index is 0.0148. The zero-order chi connectivity index (χ0) is 24.2. The first-order valence-corrected chi connectivity index (χ1v) is 11.3. The number of imide groups is 1. The second-order valence-corrected chi connectivity index (χ2v) is 9.20. The van der Waals surface area contributed by atoms with Crippen LogP contribution in [0.2, 0.25) is 5.02 Å². The van der Waals surface area contributed by atoms with Gasteiger partial charge in [0, 0.05) is 18.0 Å². The Morgan fingerprint density at radius 2 is 1.88 bits per heavy atom. The SMILES string of the molecule is COc1ccc(CN2C(=O)[C@@H]3[C@@H](C2=O)[C@@]2(N[C@@H]3CCC(N)=O)C(=O)Nc3c(Cl)cccc32)cc1. The Kier molecular flexibility index (Phi) is 5.33. The number of anilines is 1. The van der Waals surface area contributed by atoms with Crippen molar-refractivity contribution in [1.29, 1.82) is 0 Å². The Morgan fingerprint density at radius 1 is 1.15 bits per heavy atom. The molecular formula is C24H23ClN4O5. The third kappa shape index (κ3) is 3.19. The van der Waals surface area contributed by atoms with E-state index >= 15 is 0 Å². The summed E-state index contributed by atoms with van der Waals surface area (Å²) in [6.45, 7) is 0.0668. The number of nitrogens with two attached hydrogens (primary N) is 1. The van der Waals surface area contributed by atoms with Gasteiger partial charge in [0.25, 0.3) is 0 Å². The number of ether oxygens (including phenoxy) is 1. The van der Waals surface area contributed by atoms with Gasteiger partial charge in [-0.1, -0.05) is 35.9 Å². The molecule has 34 heavy (non-hydrogen) atoms. The molecule has 9 nitrogen and oxygen atoms in total. The number of hydrogen-bond donors (Lipinski definition) is 3. The van der Waals surface area contributed by atoms with Gasteiger partial charge in [0.2, 0.25) is 23.6 Å². The van der Waals surface area contributed by atoms with Gasteiger partial charge >= 0.3 is 0 Å². The number of carbonyl (C=O) groups is 4. The predicted molar refractivity (Wildman–Crippen MR) is 123 cm³/mol. The molecule has 4 atom stereocenters. The molecule has 2 aromatic rings. The number of carbonyl (C=O) groups excluding carboxylic acids is 4. The fraction of sp³-hybridized carbons (Fsp3) is 0.333. The average molecular weight is 483 g/mol. The third-order valence-corrected chi connectivity index (χ3v) is 7.31. The molecule has 0 radical (unpaired) electrons. The van der Waals surface area contributed by atoms with Crippen LogP contribution >= 0.6 is 11.6 Å². The highest BCUT2D eigenvalue weighted by Crippen LogP contribution is 2.54. The highest BCUT2D eigenvalue weighted by atomic mass is 35.5. The van der Waals surface area contributed by atoms with E-state index in [9.17, 15) is 19.2 Å². The second kappa shape index (κ2) is 8.11. The van der Waals surface area contributed by atoms with Crippen molar-refractivity contribution < 1.29 is 23.9 Å². The van der Waals surface area contributed by atoms with Crippen LogP contribution in [0.1, 0.15) is 24.0 Å². The molecule has 0 saturated carbocycles. The Labute approximate surface area is 200 Å². The maximum Gasteiger partial charge on any atom is 0.250 e. The van der Waals surface area contributed by atoms with Gasteiger partial charge in [-0.25, -0.2) is 0 Å². The van der Waals surface area contributed by atoms with E-state index in [2.05, 4.69) is 10.6 Å². The summed E-state index contributed by atoms with van der Waals surface area (Å²) in [6, 6.07) is 11.5. The monoisotopic (exact) mass is 482 g/mol. The summed E-state index contributed by atoms with van der Waals surface area (Å²) in [7, 11) is 1.55. The third-order valence-electron chi connectivity index (χ3n) is 6.99. The second-order valence-electron chi connectivity index (χ2n) is 8.79. The Hall–Kier alpha value is -3.43. The van der Waals surface area contributed by atoms with Crippen LogP contribution in [0, 0.1) is 11.8 Å². The number of hydrogen-bond acceptors (Lipinski definition) is 6. The molecule has 176 valence electrons. The fourth-order valence-electron chi connectivity index (χ4n) is 5.47. The number of amides is 4. The molecule has 3 heterocycles. The molecule has 0 bridgehead atoms. The van der Waals surface area contributed by atoms with Crippen molar-refractivity contribution in [3.05, 3.63) is 58.6 Å². The predicted octanol–water partition coefficient (Wildman–Crippen LogP) is 1.53. The van der Waals surface area contributed by atoms with E-state index in [0.29, 0.717) is 22.0 Å². The van der Waals surface area contributed by atoms with Crippen LogP contribution in [-0.4, -0.2) is 41.7 Å². The van der Waals surface area contributed by atoms with E-state index in [1.54, 1.807) is 49.6 Å². The number of rotatable bonds is 6. The van der Waals surface area contributed by atoms with Crippen LogP contribution in [0.3, 0.4) is 0 Å². The molecule has 5 rings (SSSR count). The number of nitrogens with one attached hydrogen (secondary N) is 2. The molecule has 2 fully saturated rings. The summed E-state index contributed by atoms with van der Waals surface area (Å²) >= 11 is 6.33. The lowest BCUT2D eigenvalue weighted by Gasteiger charge is -2.29. The molecule has 4 amide bonds. The van der Waals surface area contributed by atoms with Crippen LogP contribution < -0.4 is 21.1 Å². The molecule has 2 aromatic carbocycles. The molecule has 10 heteroatoms. The van der Waals surface area contributed by atoms with E-state index in [4.69, 9.17) is 22.1 Å². The first-order valence-electron chi connectivity index (χ1n) is 10.9. The summed E-state index contributed by atoms with van der Waals surface area (Å²) in [6.07, 6.45) is 0.234. The summed E-state index contributed by atoms with van der Waals surface area (Å²) in [4.78, 5) is 53.4. The van der Waals surface area contributed by atoms with Crippen LogP contribution in [0.4, 0.5) is 5.69 Å². The highest BCUT2D eigenvalue weighted by Gasteiger charge is 2.70. The van der Waals surface area contributed by atoms with E-state index < -0.39 is 41.1 Å². The van der Waals surface area contributed by atoms with Crippen LogP contribution in [0.5, 0.6) is 5.75 Å². The van der Waals surface area contributed by atoms with Gasteiger partial charge in [-0.15, -0.1) is 0 Å². The highest BCUT2D eigenvalue weighted by molar-refractivity contribution is 6.35. The Bertz CT molecular complexity index is 1220. The number of para-hydroxylation sites is 1. The Balaban J connectivity index is 1.56. The molecule has 3 aliphatic rings. The fourth-order valence-corrected chi connectivity index (χ4v) is 5.69. The quantitative estimate of drug-likeness (QED) is 0.535. The molecule has 2 saturated heterocycles. The maximum absolute atomic E-state index is 13.7. The molecular weight excluding hydrogens is 460 g/mol. The lowest BCUT2D eigenvalue weighted by Crippen LogP contribution is -2.53. The summed E-state index contributed by atoms with van der Waals surface area (Å²) in [5.74, 6) is -2.93. The first-order chi connectivity index (χ1) is 16.3. The van der Waals surface area contributed by atoms with E-state index in [-0.39, 0.29) is 25.3 Å². The minimum Gasteiger partial charge on any atom is -0.497 e. The number of halogens is 1. The van der Waals surface area contributed by atoms with Gasteiger partial charge in [-0.2, -0.15) is 0 Å². The summed E-state index contributed by atoms with van der Waals surface area (Å²) in [5, 5.41) is 6.38. The summed E-state index contributed by atoms with van der Waals surface area (Å²) in [5.41, 5.74) is 5.58. The smallest absolute Gasteiger partial charge is 0.250 e. The van der Waals surface area contributed by atoms with Crippen LogP contribution in [-0.2, 0) is 31.3 Å². The van der Waals surface area contributed by atoms with Gasteiger partial charge < -0.3 is 15.8 Å². The Morgan fingerprint density at radius 3 is 2.56 bits per heavy atom. The molecule has 0 aliphatic carbocycles. The van der Waals surface area contributed by atoms with Crippen molar-refractivity contribution in [2.24, 2.45) is 17.6 Å². The van der Waals surface area contributed by atoms with E-state index in [0.717, 1.165) is 5.56 Å². The van der Waals surface area contributed by atoms with Crippen molar-refractivity contribution in [2.75, 3.05) is 12.4 Å².